The Hall–Kier alpha value is -2.47. The largest absolute Gasteiger partial charge is 0.397 e. The van der Waals surface area contributed by atoms with Gasteiger partial charge in [-0.25, -0.2) is 0 Å². The second-order valence-electron chi connectivity index (χ2n) is 5.87. The number of nitrogen functional groups attached to an aromatic ring is 1. The van der Waals surface area contributed by atoms with E-state index in [1.807, 2.05) is 18.2 Å². The van der Waals surface area contributed by atoms with Gasteiger partial charge in [0, 0.05) is 5.69 Å². The van der Waals surface area contributed by atoms with Gasteiger partial charge in [-0.05, 0) is 41.3 Å². The highest BCUT2D eigenvalue weighted by atomic mass is 14.9. The molecule has 102 valence electrons. The summed E-state index contributed by atoms with van der Waals surface area (Å²) in [6.07, 6.45) is 0. The molecule has 3 N–H and O–H groups in total. The van der Waals surface area contributed by atoms with Crippen LogP contribution in [0.1, 0.15) is 31.9 Å². The van der Waals surface area contributed by atoms with Gasteiger partial charge < -0.3 is 11.1 Å². The van der Waals surface area contributed by atoms with Crippen LogP contribution in [0.3, 0.4) is 0 Å². The van der Waals surface area contributed by atoms with E-state index >= 15 is 0 Å². The molecule has 20 heavy (non-hydrogen) atoms. The van der Waals surface area contributed by atoms with Crippen LogP contribution >= 0.6 is 0 Å². The van der Waals surface area contributed by atoms with Gasteiger partial charge >= 0.3 is 0 Å². The Morgan fingerprint density at radius 1 is 1.05 bits per heavy atom. The summed E-state index contributed by atoms with van der Waals surface area (Å²) < 4.78 is 0. The van der Waals surface area contributed by atoms with E-state index in [1.165, 1.54) is 5.56 Å². The lowest BCUT2D eigenvalue weighted by molar-refractivity contribution is 0.590. The zero-order valence-electron chi connectivity index (χ0n) is 12.1. The Bertz CT molecular complexity index is 643. The first kappa shape index (κ1) is 14.0. The Kier molecular flexibility index (Phi) is 3.67. The average Bonchev–Trinajstić information content (AvgIpc) is 2.40. The fraction of sp³-hybridized carbons (Fsp3) is 0.235. The van der Waals surface area contributed by atoms with E-state index in [-0.39, 0.29) is 5.41 Å². The van der Waals surface area contributed by atoms with Crippen molar-refractivity contribution in [2.75, 3.05) is 11.1 Å². The summed E-state index contributed by atoms with van der Waals surface area (Å²) in [5.74, 6) is 0. The van der Waals surface area contributed by atoms with Gasteiger partial charge in [-0.3, -0.25) is 0 Å². The number of anilines is 3. The number of nitriles is 1. The molecule has 0 aromatic heterocycles. The lowest BCUT2D eigenvalue weighted by Gasteiger charge is -2.19. The molecular formula is C17H19N3. The van der Waals surface area contributed by atoms with Crippen LogP contribution in [-0.2, 0) is 5.41 Å². The first-order valence-corrected chi connectivity index (χ1v) is 6.57. The molecule has 2 aromatic rings. The maximum atomic E-state index is 8.82. The number of nitrogens with two attached hydrogens (primary N) is 1. The molecular weight excluding hydrogens is 246 g/mol. The van der Waals surface area contributed by atoms with Crippen molar-refractivity contribution >= 4 is 17.1 Å². The standard InChI is InChI=1S/C17H19N3/c1-17(2,3)13-5-7-14(8-6-13)20-16-9-4-12(11-18)10-15(16)19/h4-10,20H,19H2,1-3H3. The normalized spacial score (nSPS) is 10.9. The lowest BCUT2D eigenvalue weighted by atomic mass is 9.87. The average molecular weight is 265 g/mol. The maximum Gasteiger partial charge on any atom is 0.0992 e. The van der Waals surface area contributed by atoms with Crippen molar-refractivity contribution in [1.29, 1.82) is 5.26 Å². The summed E-state index contributed by atoms with van der Waals surface area (Å²) in [5.41, 5.74) is 10.3. The smallest absolute Gasteiger partial charge is 0.0992 e. The van der Waals surface area contributed by atoms with Crippen LogP contribution in [0.4, 0.5) is 17.1 Å². The second kappa shape index (κ2) is 5.26. The Morgan fingerprint density at radius 2 is 1.70 bits per heavy atom. The number of nitrogens with one attached hydrogen (secondary N) is 1. The number of hydrogen-bond acceptors (Lipinski definition) is 3. The molecule has 0 aliphatic rings. The monoisotopic (exact) mass is 265 g/mol. The first-order valence-electron chi connectivity index (χ1n) is 6.57. The molecule has 0 fully saturated rings. The van der Waals surface area contributed by atoms with Gasteiger partial charge in [-0.1, -0.05) is 32.9 Å². The topological polar surface area (TPSA) is 61.8 Å². The third kappa shape index (κ3) is 3.10. The molecule has 0 saturated carbocycles. The van der Waals surface area contributed by atoms with E-state index in [0.29, 0.717) is 11.3 Å². The lowest BCUT2D eigenvalue weighted by Crippen LogP contribution is -2.10. The highest BCUT2D eigenvalue weighted by Crippen LogP contribution is 2.27. The van der Waals surface area contributed by atoms with Crippen LogP contribution in [0.25, 0.3) is 0 Å². The number of rotatable bonds is 2. The van der Waals surface area contributed by atoms with Crippen molar-refractivity contribution in [3.63, 3.8) is 0 Å². The molecule has 0 bridgehead atoms. The number of hydrogen-bond donors (Lipinski definition) is 2. The van der Waals surface area contributed by atoms with Crippen molar-refractivity contribution in [3.8, 4) is 6.07 Å². The quantitative estimate of drug-likeness (QED) is 0.801. The molecule has 0 aliphatic carbocycles. The third-order valence-corrected chi connectivity index (χ3v) is 3.21. The minimum atomic E-state index is 0.145. The Morgan fingerprint density at radius 3 is 2.20 bits per heavy atom. The fourth-order valence-corrected chi connectivity index (χ4v) is 1.96. The van der Waals surface area contributed by atoms with Crippen LogP contribution in [-0.4, -0.2) is 0 Å². The van der Waals surface area contributed by atoms with Gasteiger partial charge in [0.2, 0.25) is 0 Å². The van der Waals surface area contributed by atoms with E-state index in [1.54, 1.807) is 12.1 Å². The predicted octanol–water partition coefficient (Wildman–Crippen LogP) is 4.18. The van der Waals surface area contributed by atoms with Crippen LogP contribution in [0.2, 0.25) is 0 Å². The SMILES string of the molecule is CC(C)(C)c1ccc(Nc2ccc(C#N)cc2N)cc1. The van der Waals surface area contributed by atoms with Crippen molar-refractivity contribution in [2.24, 2.45) is 0 Å². The van der Waals surface area contributed by atoms with Gasteiger partial charge in [0.1, 0.15) is 0 Å². The fourth-order valence-electron chi connectivity index (χ4n) is 1.96. The minimum Gasteiger partial charge on any atom is -0.397 e. The molecule has 0 aliphatic heterocycles. The highest BCUT2D eigenvalue weighted by molar-refractivity contribution is 5.73. The van der Waals surface area contributed by atoms with Gasteiger partial charge in [-0.2, -0.15) is 5.26 Å². The zero-order chi connectivity index (χ0) is 14.8. The van der Waals surface area contributed by atoms with Crippen LogP contribution in [0.5, 0.6) is 0 Å². The van der Waals surface area contributed by atoms with Crippen LogP contribution in [0.15, 0.2) is 42.5 Å². The molecule has 0 radical (unpaired) electrons. The Balaban J connectivity index is 2.21. The summed E-state index contributed by atoms with van der Waals surface area (Å²) in [7, 11) is 0. The number of nitrogens with zero attached hydrogens (tertiary/aromatic N) is 1. The van der Waals surface area contributed by atoms with Gasteiger partial charge in [0.05, 0.1) is 23.0 Å². The van der Waals surface area contributed by atoms with Gasteiger partial charge in [-0.15, -0.1) is 0 Å². The molecule has 2 rings (SSSR count). The molecule has 0 unspecified atom stereocenters. The molecule has 0 heterocycles. The van der Waals surface area contributed by atoms with Crippen molar-refractivity contribution in [3.05, 3.63) is 53.6 Å². The Labute approximate surface area is 120 Å². The van der Waals surface area contributed by atoms with E-state index < -0.39 is 0 Å². The maximum absolute atomic E-state index is 8.82. The van der Waals surface area contributed by atoms with E-state index in [0.717, 1.165) is 11.4 Å². The van der Waals surface area contributed by atoms with Crippen molar-refractivity contribution < 1.29 is 0 Å². The van der Waals surface area contributed by atoms with E-state index in [4.69, 9.17) is 11.0 Å². The van der Waals surface area contributed by atoms with E-state index in [9.17, 15) is 0 Å². The molecule has 0 amide bonds. The van der Waals surface area contributed by atoms with E-state index in [2.05, 4.69) is 44.3 Å². The minimum absolute atomic E-state index is 0.145. The molecule has 0 atom stereocenters. The molecule has 0 spiro atoms. The number of benzene rings is 2. The highest BCUT2D eigenvalue weighted by Gasteiger charge is 2.12. The summed E-state index contributed by atoms with van der Waals surface area (Å²) in [5, 5.41) is 12.1. The summed E-state index contributed by atoms with van der Waals surface area (Å²) in [6.45, 7) is 6.57. The molecule has 3 nitrogen and oxygen atoms in total. The third-order valence-electron chi connectivity index (χ3n) is 3.21. The molecule has 2 aromatic carbocycles. The zero-order valence-corrected chi connectivity index (χ0v) is 12.1. The van der Waals surface area contributed by atoms with Crippen LogP contribution in [0, 0.1) is 11.3 Å². The van der Waals surface area contributed by atoms with Crippen molar-refractivity contribution in [2.45, 2.75) is 26.2 Å². The van der Waals surface area contributed by atoms with Crippen molar-refractivity contribution in [1.82, 2.24) is 0 Å². The second-order valence-corrected chi connectivity index (χ2v) is 5.87. The predicted molar refractivity (Wildman–Crippen MR) is 84.0 cm³/mol. The first-order chi connectivity index (χ1) is 9.40. The molecule has 0 saturated heterocycles. The van der Waals surface area contributed by atoms with Gasteiger partial charge in [0.25, 0.3) is 0 Å². The summed E-state index contributed by atoms with van der Waals surface area (Å²) >= 11 is 0. The van der Waals surface area contributed by atoms with Crippen LogP contribution < -0.4 is 11.1 Å². The molecule has 3 heteroatoms. The summed E-state index contributed by atoms with van der Waals surface area (Å²) in [6, 6.07) is 15.6. The summed E-state index contributed by atoms with van der Waals surface area (Å²) in [4.78, 5) is 0. The van der Waals surface area contributed by atoms with Gasteiger partial charge in [0.15, 0.2) is 0 Å².